The van der Waals surface area contributed by atoms with Gasteiger partial charge >= 0.3 is 11.8 Å². The zero-order valence-corrected chi connectivity index (χ0v) is 16.9. The molecular weight excluding hydrogens is 419 g/mol. The summed E-state index contributed by atoms with van der Waals surface area (Å²) in [4.78, 5) is 36.7. The van der Waals surface area contributed by atoms with Crippen LogP contribution in [-0.4, -0.2) is 36.6 Å². The quantitative estimate of drug-likeness (QED) is 0.549. The van der Waals surface area contributed by atoms with E-state index in [0.717, 1.165) is 0 Å². The fraction of sp³-hybridized carbons (Fsp3) is 0.105. The highest BCUT2D eigenvalue weighted by Crippen LogP contribution is 2.29. The van der Waals surface area contributed by atoms with Gasteiger partial charge in [0.05, 0.1) is 17.2 Å². The second kappa shape index (κ2) is 8.42. The van der Waals surface area contributed by atoms with E-state index < -0.39 is 17.7 Å². The largest absolute Gasteiger partial charge is 0.494 e. The van der Waals surface area contributed by atoms with Crippen LogP contribution in [0.15, 0.2) is 42.5 Å². The summed E-state index contributed by atoms with van der Waals surface area (Å²) in [6, 6.07) is 11.4. The van der Waals surface area contributed by atoms with E-state index in [1.165, 1.54) is 24.9 Å². The molecule has 3 aromatic rings. The molecule has 150 valence electrons. The first-order chi connectivity index (χ1) is 13.8. The average Bonchev–Trinajstić information content (AvgIpc) is 3.08. The molecule has 0 aliphatic heterocycles. The molecule has 0 bridgehead atoms. The van der Waals surface area contributed by atoms with Gasteiger partial charge in [-0.05, 0) is 30.3 Å². The number of methoxy groups -OCH3 is 1. The Balaban J connectivity index is 2.06. The molecule has 0 saturated heterocycles. The van der Waals surface area contributed by atoms with E-state index in [1.807, 2.05) is 0 Å². The Morgan fingerprint density at radius 2 is 1.76 bits per heavy atom. The smallest absolute Gasteiger partial charge is 0.328 e. The van der Waals surface area contributed by atoms with Crippen LogP contribution in [-0.2, 0) is 9.59 Å². The topological polar surface area (TPSA) is 101 Å². The Morgan fingerprint density at radius 1 is 1.00 bits per heavy atom. The molecule has 3 N–H and O–H groups in total. The molecule has 10 heteroatoms. The summed E-state index contributed by atoms with van der Waals surface area (Å²) in [5.41, 5.74) is 3.33. The fourth-order valence-corrected chi connectivity index (χ4v) is 3.01. The molecular formula is C19H16Cl2N4O4. The molecule has 1 aromatic heterocycles. The van der Waals surface area contributed by atoms with E-state index in [2.05, 4.69) is 16.1 Å². The molecule has 3 amide bonds. The van der Waals surface area contributed by atoms with Crippen molar-refractivity contribution in [3.05, 3.63) is 58.2 Å². The van der Waals surface area contributed by atoms with Gasteiger partial charge in [-0.15, -0.1) is 0 Å². The maximum Gasteiger partial charge on any atom is 0.328 e. The number of carbonyl (C=O) groups is 3. The van der Waals surface area contributed by atoms with Gasteiger partial charge in [-0.1, -0.05) is 35.3 Å². The lowest BCUT2D eigenvalue weighted by Gasteiger charge is -2.13. The van der Waals surface area contributed by atoms with Gasteiger partial charge in [-0.3, -0.25) is 19.8 Å². The second-order valence-electron chi connectivity index (χ2n) is 5.87. The maximum atomic E-state index is 12.9. The van der Waals surface area contributed by atoms with Crippen molar-refractivity contribution in [3.63, 3.8) is 0 Å². The van der Waals surface area contributed by atoms with Crippen LogP contribution < -0.4 is 20.8 Å². The third-order valence-electron chi connectivity index (χ3n) is 4.06. The van der Waals surface area contributed by atoms with Crippen molar-refractivity contribution in [2.75, 3.05) is 24.9 Å². The number of fused-ring (bicyclic) bond motifs is 1. The van der Waals surface area contributed by atoms with Crippen molar-refractivity contribution in [1.82, 2.24) is 9.99 Å². The molecule has 2 aromatic carbocycles. The van der Waals surface area contributed by atoms with Crippen molar-refractivity contribution in [3.8, 4) is 5.75 Å². The molecule has 29 heavy (non-hydrogen) atoms. The van der Waals surface area contributed by atoms with Crippen LogP contribution in [0, 0.1) is 0 Å². The number of aromatic nitrogens is 1. The van der Waals surface area contributed by atoms with Gasteiger partial charge in [0.2, 0.25) is 0 Å². The number of benzene rings is 2. The predicted molar refractivity (Wildman–Crippen MR) is 111 cm³/mol. The minimum absolute atomic E-state index is 0.0767. The van der Waals surface area contributed by atoms with Crippen LogP contribution in [0.25, 0.3) is 10.9 Å². The molecule has 0 atom stereocenters. The lowest BCUT2D eigenvalue weighted by molar-refractivity contribution is -0.136. The highest BCUT2D eigenvalue weighted by Gasteiger charge is 2.22. The lowest BCUT2D eigenvalue weighted by atomic mass is 10.2. The van der Waals surface area contributed by atoms with Crippen LogP contribution >= 0.6 is 23.2 Å². The van der Waals surface area contributed by atoms with E-state index in [1.54, 1.807) is 36.4 Å². The van der Waals surface area contributed by atoms with Crippen LogP contribution in [0.4, 0.5) is 5.69 Å². The summed E-state index contributed by atoms with van der Waals surface area (Å²) in [7, 11) is 2.79. The first-order valence-corrected chi connectivity index (χ1v) is 9.09. The summed E-state index contributed by atoms with van der Waals surface area (Å²) in [5, 5.41) is 6.17. The molecule has 8 nitrogen and oxygen atoms in total. The molecule has 0 aliphatic carbocycles. The van der Waals surface area contributed by atoms with Gasteiger partial charge in [0, 0.05) is 18.1 Å². The number of likely N-dealkylation sites (N-methyl/N-ethyl adjacent to an activating group) is 1. The van der Waals surface area contributed by atoms with Crippen molar-refractivity contribution >= 4 is 57.5 Å². The van der Waals surface area contributed by atoms with Gasteiger partial charge in [-0.2, -0.15) is 0 Å². The molecule has 0 radical (unpaired) electrons. The first-order valence-electron chi connectivity index (χ1n) is 8.33. The van der Waals surface area contributed by atoms with E-state index >= 15 is 0 Å². The number of hydrogen-bond acceptors (Lipinski definition) is 4. The molecule has 1 heterocycles. The third-order valence-corrected chi connectivity index (χ3v) is 4.80. The minimum atomic E-state index is -0.945. The number of halogens is 2. The number of para-hydroxylation sites is 1. The molecule has 0 unspecified atom stereocenters. The first kappa shape index (κ1) is 20.5. The van der Waals surface area contributed by atoms with Crippen LogP contribution in [0.3, 0.4) is 0 Å². The Labute approximate surface area is 175 Å². The number of carbonyl (C=O) groups excluding carboxylic acids is 3. The number of rotatable bonds is 4. The summed E-state index contributed by atoms with van der Waals surface area (Å²) in [5.74, 6) is -1.94. The van der Waals surface area contributed by atoms with Gasteiger partial charge in [0.15, 0.2) is 0 Å². The monoisotopic (exact) mass is 434 g/mol. The summed E-state index contributed by atoms with van der Waals surface area (Å²) in [6.45, 7) is 0. The lowest BCUT2D eigenvalue weighted by Crippen LogP contribution is -2.38. The number of nitrogens with one attached hydrogen (secondary N) is 3. The number of anilines is 1. The number of ether oxygens (including phenoxy) is 1. The highest BCUT2D eigenvalue weighted by atomic mass is 35.5. The highest BCUT2D eigenvalue weighted by molar-refractivity contribution is 6.42. The van der Waals surface area contributed by atoms with Crippen molar-refractivity contribution in [2.45, 2.75) is 0 Å². The molecule has 0 fully saturated rings. The molecule has 0 spiro atoms. The van der Waals surface area contributed by atoms with Crippen LogP contribution in [0.5, 0.6) is 5.75 Å². The van der Waals surface area contributed by atoms with Gasteiger partial charge in [0.25, 0.3) is 5.91 Å². The van der Waals surface area contributed by atoms with Crippen molar-refractivity contribution in [1.29, 1.82) is 0 Å². The Hall–Kier alpha value is -3.23. The SMILES string of the molecule is CNC(=O)C(=O)Nn1c(C(=O)Nc2ccc(Cl)c(Cl)c2)cc2cccc(OC)c21. The molecule has 0 aliphatic rings. The maximum absolute atomic E-state index is 12.9. The standard InChI is InChI=1S/C19H16Cl2N4O4/c1-22-18(27)19(28)24-25-14(8-10-4-3-5-15(29-2)16(10)25)17(26)23-11-6-7-12(20)13(21)9-11/h3-9H,1-2H3,(H,22,27)(H,23,26)(H,24,28). The van der Waals surface area contributed by atoms with Crippen LogP contribution in [0.2, 0.25) is 10.0 Å². The molecule has 3 rings (SSSR count). The van der Waals surface area contributed by atoms with E-state index in [4.69, 9.17) is 27.9 Å². The Bertz CT molecular complexity index is 1130. The van der Waals surface area contributed by atoms with Crippen molar-refractivity contribution in [2.24, 2.45) is 0 Å². The Morgan fingerprint density at radius 3 is 2.41 bits per heavy atom. The third kappa shape index (κ3) is 4.13. The molecule has 0 saturated carbocycles. The van der Waals surface area contributed by atoms with Crippen LogP contribution in [0.1, 0.15) is 10.5 Å². The normalized spacial score (nSPS) is 10.5. The fourth-order valence-electron chi connectivity index (χ4n) is 2.71. The number of amides is 3. The summed E-state index contributed by atoms with van der Waals surface area (Å²) < 4.78 is 6.55. The second-order valence-corrected chi connectivity index (χ2v) is 6.68. The van der Waals surface area contributed by atoms with Gasteiger partial charge in [0.1, 0.15) is 17.0 Å². The average molecular weight is 435 g/mol. The van der Waals surface area contributed by atoms with E-state index in [9.17, 15) is 14.4 Å². The van der Waals surface area contributed by atoms with Gasteiger partial charge < -0.3 is 15.4 Å². The zero-order chi connectivity index (χ0) is 21.1. The summed E-state index contributed by atoms with van der Waals surface area (Å²) in [6.07, 6.45) is 0. The zero-order valence-electron chi connectivity index (χ0n) is 15.4. The van der Waals surface area contributed by atoms with E-state index in [0.29, 0.717) is 27.4 Å². The predicted octanol–water partition coefficient (Wildman–Crippen LogP) is 3.03. The number of hydrogen-bond donors (Lipinski definition) is 3. The Kier molecular flexibility index (Phi) is 5.95. The number of nitrogens with zero attached hydrogens (tertiary/aromatic N) is 1. The summed E-state index contributed by atoms with van der Waals surface area (Å²) >= 11 is 11.9. The van der Waals surface area contributed by atoms with Crippen molar-refractivity contribution < 1.29 is 19.1 Å². The van der Waals surface area contributed by atoms with E-state index in [-0.39, 0.29) is 10.7 Å². The minimum Gasteiger partial charge on any atom is -0.494 e. The van der Waals surface area contributed by atoms with Gasteiger partial charge in [-0.25, -0.2) is 4.68 Å².